The van der Waals surface area contributed by atoms with Gasteiger partial charge in [-0.1, -0.05) is 0 Å². The van der Waals surface area contributed by atoms with Gasteiger partial charge < -0.3 is 33.3 Å². The van der Waals surface area contributed by atoms with Crippen LogP contribution in [0.1, 0.15) is 17.2 Å². The molecule has 29 heavy (non-hydrogen) atoms. The number of methoxy groups -OCH3 is 2. The van der Waals surface area contributed by atoms with Crippen molar-refractivity contribution >= 4 is 17.5 Å². The molecule has 0 radical (unpaired) electrons. The van der Waals surface area contributed by atoms with Crippen molar-refractivity contribution in [2.45, 2.75) is 6.04 Å². The average molecular weight is 394 g/mol. The lowest BCUT2D eigenvalue weighted by Crippen LogP contribution is -3.06. The highest BCUT2D eigenvalue weighted by Gasteiger charge is 2.38. The quantitative estimate of drug-likeness (QED) is 0.792. The lowest BCUT2D eigenvalue weighted by atomic mass is 9.83. The molecule has 148 valence electrons. The molecular formula is C22H20NO6+. The molecule has 3 aliphatic heterocycles. The molecule has 0 saturated carbocycles. The second-order valence-corrected chi connectivity index (χ2v) is 7.38. The van der Waals surface area contributed by atoms with Crippen LogP contribution >= 0.6 is 0 Å². The first-order chi connectivity index (χ1) is 14.2. The first-order valence-corrected chi connectivity index (χ1v) is 9.45. The topological polar surface area (TPSA) is 59.8 Å². The lowest BCUT2D eigenvalue weighted by molar-refractivity contribution is -0.821. The Morgan fingerprint density at radius 1 is 0.931 bits per heavy atom. The van der Waals surface area contributed by atoms with Gasteiger partial charge in [0.15, 0.2) is 23.0 Å². The molecule has 2 aromatic carbocycles. The molecule has 0 aromatic heterocycles. The summed E-state index contributed by atoms with van der Waals surface area (Å²) in [5.74, 6) is 4.51. The third kappa shape index (κ3) is 2.16. The molecule has 0 amide bonds. The fourth-order valence-electron chi connectivity index (χ4n) is 4.71. The molecule has 1 aliphatic carbocycles. The summed E-state index contributed by atoms with van der Waals surface area (Å²) in [5.41, 5.74) is 3.25. The molecule has 6 rings (SSSR count). The van der Waals surface area contributed by atoms with Gasteiger partial charge in [-0.25, -0.2) is 0 Å². The van der Waals surface area contributed by atoms with Crippen LogP contribution < -0.4 is 39.0 Å². The average Bonchev–Trinajstić information content (AvgIpc) is 3.39. The summed E-state index contributed by atoms with van der Waals surface area (Å²) in [7, 11) is 5.49. The number of nitrogens with one attached hydrogen (secondary N) is 1. The summed E-state index contributed by atoms with van der Waals surface area (Å²) >= 11 is 0. The number of benzene rings is 2. The Hall–Kier alpha value is -3.32. The van der Waals surface area contributed by atoms with Gasteiger partial charge in [0, 0.05) is 28.0 Å². The number of rotatable bonds is 2. The van der Waals surface area contributed by atoms with E-state index in [1.165, 1.54) is 4.90 Å². The lowest BCUT2D eigenvalue weighted by Gasteiger charge is -2.32. The molecule has 0 saturated heterocycles. The predicted octanol–water partition coefficient (Wildman–Crippen LogP) is 0.312. The Morgan fingerprint density at radius 3 is 2.48 bits per heavy atom. The molecule has 0 bridgehead atoms. The molecule has 7 heteroatoms. The molecule has 2 unspecified atom stereocenters. The normalized spacial score (nSPS) is 22.2. The molecule has 7 nitrogen and oxygen atoms in total. The molecule has 3 heterocycles. The first kappa shape index (κ1) is 16.6. The van der Waals surface area contributed by atoms with E-state index in [4.69, 9.17) is 28.4 Å². The van der Waals surface area contributed by atoms with Crippen molar-refractivity contribution in [1.82, 2.24) is 0 Å². The molecule has 1 N–H and O–H groups in total. The third-order valence-electron chi connectivity index (χ3n) is 5.94. The van der Waals surface area contributed by atoms with Gasteiger partial charge in [-0.2, -0.15) is 0 Å². The second kappa shape index (κ2) is 5.84. The van der Waals surface area contributed by atoms with Crippen LogP contribution in [0.2, 0.25) is 0 Å². The summed E-state index contributed by atoms with van der Waals surface area (Å²) < 4.78 is 34.2. The van der Waals surface area contributed by atoms with Crippen molar-refractivity contribution in [1.29, 1.82) is 0 Å². The monoisotopic (exact) mass is 394 g/mol. The minimum absolute atomic E-state index is 0.0557. The zero-order chi connectivity index (χ0) is 19.7. The van der Waals surface area contributed by atoms with Crippen molar-refractivity contribution in [2.24, 2.45) is 0 Å². The number of ether oxygens (including phenoxy) is 6. The maximum atomic E-state index is 5.78. The van der Waals surface area contributed by atoms with E-state index in [0.717, 1.165) is 55.9 Å². The maximum absolute atomic E-state index is 5.78. The Labute approximate surface area is 166 Å². The second-order valence-electron chi connectivity index (χ2n) is 7.38. The van der Waals surface area contributed by atoms with Gasteiger partial charge in [0.25, 0.3) is 0 Å². The molecular weight excluding hydrogens is 374 g/mol. The summed E-state index contributed by atoms with van der Waals surface area (Å²) in [6.45, 7) is 0.451. The summed E-state index contributed by atoms with van der Waals surface area (Å²) in [5, 5.41) is 1.99. The van der Waals surface area contributed by atoms with E-state index >= 15 is 0 Å². The molecule has 0 spiro atoms. The molecule has 0 fully saturated rings. The van der Waals surface area contributed by atoms with Gasteiger partial charge in [-0.15, -0.1) is 0 Å². The van der Waals surface area contributed by atoms with E-state index in [1.54, 1.807) is 14.2 Å². The van der Waals surface area contributed by atoms with Crippen LogP contribution in [0.15, 0.2) is 24.3 Å². The SMILES string of the molecule is COC1=CC2=c3c(OC)cc4c(c3=C[NH+](C)C2c2cc3c(cc21)OCO3)OCO4. The van der Waals surface area contributed by atoms with Gasteiger partial charge in [0.2, 0.25) is 13.6 Å². The minimum Gasteiger partial charge on any atom is -0.496 e. The van der Waals surface area contributed by atoms with E-state index in [1.807, 2.05) is 12.1 Å². The summed E-state index contributed by atoms with van der Waals surface area (Å²) in [6.07, 6.45) is 4.26. The van der Waals surface area contributed by atoms with Crippen LogP contribution in [0.25, 0.3) is 17.5 Å². The number of hydrogen-bond acceptors (Lipinski definition) is 6. The number of quaternary nitrogens is 1. The van der Waals surface area contributed by atoms with Crippen molar-refractivity contribution in [3.05, 3.63) is 45.8 Å². The van der Waals surface area contributed by atoms with E-state index in [9.17, 15) is 0 Å². The van der Waals surface area contributed by atoms with Gasteiger partial charge in [0.05, 0.1) is 26.5 Å². The number of fused-ring (bicyclic) bond motifs is 7. The van der Waals surface area contributed by atoms with Gasteiger partial charge in [-0.05, 0) is 18.2 Å². The predicted molar refractivity (Wildman–Crippen MR) is 103 cm³/mol. The highest BCUT2D eigenvalue weighted by molar-refractivity contribution is 5.85. The fourth-order valence-corrected chi connectivity index (χ4v) is 4.71. The first-order valence-electron chi connectivity index (χ1n) is 9.45. The largest absolute Gasteiger partial charge is 0.496 e. The Kier molecular flexibility index (Phi) is 3.35. The Bertz CT molecular complexity index is 1220. The molecule has 4 aliphatic rings. The van der Waals surface area contributed by atoms with Crippen LogP contribution in [0.4, 0.5) is 0 Å². The van der Waals surface area contributed by atoms with E-state index in [0.29, 0.717) is 5.75 Å². The highest BCUT2D eigenvalue weighted by Crippen LogP contribution is 2.44. The van der Waals surface area contributed by atoms with Crippen molar-refractivity contribution in [2.75, 3.05) is 34.9 Å². The van der Waals surface area contributed by atoms with E-state index < -0.39 is 0 Å². The molecule has 2 atom stereocenters. The maximum Gasteiger partial charge on any atom is 0.231 e. The van der Waals surface area contributed by atoms with E-state index in [2.05, 4.69) is 25.4 Å². The van der Waals surface area contributed by atoms with Crippen LogP contribution in [-0.2, 0) is 4.74 Å². The standard InChI is InChI=1S/C22H19NO6/c1-23-8-14-20(18(25-3)7-19-22(14)29-10-28-19)13-6-15(24-2)11-4-16-17(27-9-26-16)5-12(11)21(13)23/h4-8,21H,9-10H2,1-3H3/p+1. The fraction of sp³-hybridized carbons (Fsp3) is 0.273. The smallest absolute Gasteiger partial charge is 0.231 e. The zero-order valence-corrected chi connectivity index (χ0v) is 16.3. The van der Waals surface area contributed by atoms with Gasteiger partial charge in [-0.3, -0.25) is 0 Å². The van der Waals surface area contributed by atoms with Crippen molar-refractivity contribution in [3.63, 3.8) is 0 Å². The van der Waals surface area contributed by atoms with Crippen molar-refractivity contribution in [3.8, 4) is 28.7 Å². The van der Waals surface area contributed by atoms with Gasteiger partial charge in [0.1, 0.15) is 23.8 Å². The van der Waals surface area contributed by atoms with E-state index in [-0.39, 0.29) is 19.6 Å². The Morgan fingerprint density at radius 2 is 1.69 bits per heavy atom. The summed E-state index contributed by atoms with van der Waals surface area (Å²) in [4.78, 5) is 1.20. The minimum atomic E-state index is 0.0557. The van der Waals surface area contributed by atoms with Gasteiger partial charge >= 0.3 is 0 Å². The highest BCUT2D eigenvalue weighted by atomic mass is 16.7. The van der Waals surface area contributed by atoms with Crippen LogP contribution in [0.3, 0.4) is 0 Å². The zero-order valence-electron chi connectivity index (χ0n) is 16.3. The van der Waals surface area contributed by atoms with Crippen LogP contribution in [0, 0.1) is 0 Å². The van der Waals surface area contributed by atoms with Crippen molar-refractivity contribution < 1.29 is 33.3 Å². The third-order valence-corrected chi connectivity index (χ3v) is 5.94. The number of hydrogen-bond donors (Lipinski definition) is 1. The van der Waals surface area contributed by atoms with Crippen LogP contribution in [0.5, 0.6) is 28.7 Å². The molecule has 2 aromatic rings. The summed E-state index contributed by atoms with van der Waals surface area (Å²) in [6, 6.07) is 6.02. The Balaban J connectivity index is 1.72. The van der Waals surface area contributed by atoms with Crippen LogP contribution in [-0.4, -0.2) is 34.9 Å².